The standard InChI is InChI=1S/C8H11NO5S/c1-6-3-4-7(15(12,13)14)8(2,5-6)9(10)11/h3-5,7H,1-2H3,(H,12,13,14). The van der Waals surface area contributed by atoms with Gasteiger partial charge in [0.1, 0.15) is 0 Å². The second kappa shape index (κ2) is 3.42. The molecule has 0 saturated carbocycles. The molecule has 0 aromatic carbocycles. The van der Waals surface area contributed by atoms with Crippen molar-refractivity contribution in [2.45, 2.75) is 24.6 Å². The Kier molecular flexibility index (Phi) is 2.71. The summed E-state index contributed by atoms with van der Waals surface area (Å²) in [4.78, 5) is 10.1. The van der Waals surface area contributed by atoms with Crippen molar-refractivity contribution in [1.82, 2.24) is 0 Å². The van der Waals surface area contributed by atoms with Crippen LogP contribution in [0, 0.1) is 10.1 Å². The normalized spacial score (nSPS) is 31.1. The summed E-state index contributed by atoms with van der Waals surface area (Å²) in [5.41, 5.74) is -1.22. The lowest BCUT2D eigenvalue weighted by molar-refractivity contribution is -0.548. The van der Waals surface area contributed by atoms with E-state index in [9.17, 15) is 18.5 Å². The Morgan fingerprint density at radius 3 is 2.53 bits per heavy atom. The largest absolute Gasteiger partial charge is 0.285 e. The molecule has 6 nitrogen and oxygen atoms in total. The molecule has 2 unspecified atom stereocenters. The van der Waals surface area contributed by atoms with E-state index in [1.54, 1.807) is 6.92 Å². The highest BCUT2D eigenvalue weighted by molar-refractivity contribution is 7.86. The van der Waals surface area contributed by atoms with Gasteiger partial charge in [-0.3, -0.25) is 14.7 Å². The van der Waals surface area contributed by atoms with Gasteiger partial charge in [0.15, 0.2) is 5.25 Å². The molecule has 1 aliphatic carbocycles. The number of nitro groups is 1. The molecule has 2 atom stereocenters. The minimum atomic E-state index is -4.47. The fraction of sp³-hybridized carbons (Fsp3) is 0.500. The van der Waals surface area contributed by atoms with Gasteiger partial charge >= 0.3 is 0 Å². The van der Waals surface area contributed by atoms with Crippen LogP contribution in [0.2, 0.25) is 0 Å². The lowest BCUT2D eigenvalue weighted by Crippen LogP contribution is -2.49. The fourth-order valence-corrected chi connectivity index (χ4v) is 2.62. The van der Waals surface area contributed by atoms with E-state index in [1.807, 2.05) is 0 Å². The van der Waals surface area contributed by atoms with Crippen LogP contribution < -0.4 is 0 Å². The van der Waals surface area contributed by atoms with Crippen LogP contribution in [0.25, 0.3) is 0 Å². The minimum Gasteiger partial charge on any atom is -0.285 e. The van der Waals surface area contributed by atoms with Crippen LogP contribution in [0.15, 0.2) is 23.8 Å². The quantitative estimate of drug-likeness (QED) is 0.432. The van der Waals surface area contributed by atoms with Crippen molar-refractivity contribution >= 4 is 10.1 Å². The average molecular weight is 233 g/mol. The summed E-state index contributed by atoms with van der Waals surface area (Å²) < 4.78 is 30.9. The molecule has 1 aliphatic rings. The molecule has 1 N–H and O–H groups in total. The number of allylic oxidation sites excluding steroid dienone is 2. The SMILES string of the molecule is CC1=CC(C)([N+](=O)[O-])C(S(=O)(=O)O)C=C1. The van der Waals surface area contributed by atoms with Gasteiger partial charge in [0.25, 0.3) is 15.7 Å². The molecule has 15 heavy (non-hydrogen) atoms. The van der Waals surface area contributed by atoms with Crippen LogP contribution in [0.1, 0.15) is 13.8 Å². The predicted molar refractivity (Wildman–Crippen MR) is 53.6 cm³/mol. The molecule has 0 radical (unpaired) electrons. The van der Waals surface area contributed by atoms with Crippen LogP contribution in [-0.2, 0) is 10.1 Å². The van der Waals surface area contributed by atoms with Gasteiger partial charge in [-0.25, -0.2) is 0 Å². The van der Waals surface area contributed by atoms with E-state index in [1.165, 1.54) is 19.1 Å². The summed E-state index contributed by atoms with van der Waals surface area (Å²) in [6, 6.07) is 0. The van der Waals surface area contributed by atoms with Gasteiger partial charge in [0.2, 0.25) is 0 Å². The maximum Gasteiger partial charge on any atom is 0.278 e. The molecule has 7 heteroatoms. The molecule has 0 saturated heterocycles. The Labute approximate surface area is 87.2 Å². The molecular weight excluding hydrogens is 222 g/mol. The van der Waals surface area contributed by atoms with Gasteiger partial charge in [-0.2, -0.15) is 8.42 Å². The number of nitrogens with zero attached hydrogens (tertiary/aromatic N) is 1. The summed E-state index contributed by atoms with van der Waals surface area (Å²) in [5, 5.41) is 9.29. The Balaban J connectivity index is 3.33. The summed E-state index contributed by atoms with van der Waals surface area (Å²) in [6.45, 7) is 2.79. The molecule has 1 rings (SSSR count). The highest BCUT2D eigenvalue weighted by Crippen LogP contribution is 2.29. The number of hydrogen-bond donors (Lipinski definition) is 1. The number of hydrogen-bond acceptors (Lipinski definition) is 4. The van der Waals surface area contributed by atoms with Crippen LogP contribution in [0.5, 0.6) is 0 Å². The van der Waals surface area contributed by atoms with E-state index in [4.69, 9.17) is 4.55 Å². The van der Waals surface area contributed by atoms with Crippen molar-refractivity contribution < 1.29 is 17.9 Å². The van der Waals surface area contributed by atoms with Crippen molar-refractivity contribution in [3.63, 3.8) is 0 Å². The smallest absolute Gasteiger partial charge is 0.278 e. The molecule has 0 spiro atoms. The molecular formula is C8H11NO5S. The second-order valence-electron chi connectivity index (χ2n) is 3.67. The first-order valence-corrected chi connectivity index (χ1v) is 5.66. The lowest BCUT2D eigenvalue weighted by Gasteiger charge is -2.25. The van der Waals surface area contributed by atoms with E-state index in [0.717, 1.165) is 6.08 Å². The van der Waals surface area contributed by atoms with Gasteiger partial charge in [-0.1, -0.05) is 12.2 Å². The molecule has 84 valence electrons. The molecule has 0 aromatic heterocycles. The molecule has 0 aliphatic heterocycles. The zero-order chi connectivity index (χ0) is 11.9. The van der Waals surface area contributed by atoms with E-state index in [-0.39, 0.29) is 0 Å². The van der Waals surface area contributed by atoms with Gasteiger partial charge in [-0.15, -0.1) is 0 Å². The predicted octanol–water partition coefficient (Wildman–Crippen LogP) is 0.794. The first kappa shape index (κ1) is 11.9. The third kappa shape index (κ3) is 2.07. The van der Waals surface area contributed by atoms with Gasteiger partial charge in [0.05, 0.1) is 0 Å². The zero-order valence-corrected chi connectivity index (χ0v) is 9.06. The van der Waals surface area contributed by atoms with E-state index in [0.29, 0.717) is 5.57 Å². The van der Waals surface area contributed by atoms with E-state index < -0.39 is 25.8 Å². The third-order valence-corrected chi connectivity index (χ3v) is 3.62. The molecule has 0 bridgehead atoms. The van der Waals surface area contributed by atoms with Crippen molar-refractivity contribution in [2.24, 2.45) is 0 Å². The Morgan fingerprint density at radius 2 is 2.13 bits per heavy atom. The molecule has 0 aromatic rings. The Hall–Kier alpha value is -1.21. The highest BCUT2D eigenvalue weighted by atomic mass is 32.2. The summed E-state index contributed by atoms with van der Waals surface area (Å²) in [7, 11) is -4.47. The van der Waals surface area contributed by atoms with Crippen molar-refractivity contribution in [3.8, 4) is 0 Å². The zero-order valence-electron chi connectivity index (χ0n) is 8.25. The Bertz CT molecular complexity index is 450. The molecule has 0 fully saturated rings. The Morgan fingerprint density at radius 1 is 1.60 bits per heavy atom. The molecule has 0 heterocycles. The van der Waals surface area contributed by atoms with Crippen molar-refractivity contribution in [1.29, 1.82) is 0 Å². The van der Waals surface area contributed by atoms with E-state index >= 15 is 0 Å². The fourth-order valence-electron chi connectivity index (χ4n) is 1.58. The second-order valence-corrected chi connectivity index (χ2v) is 5.20. The summed E-state index contributed by atoms with van der Waals surface area (Å²) >= 11 is 0. The monoisotopic (exact) mass is 233 g/mol. The van der Waals surface area contributed by atoms with E-state index in [2.05, 4.69) is 0 Å². The van der Waals surface area contributed by atoms with Crippen LogP contribution in [0.3, 0.4) is 0 Å². The minimum absolute atomic E-state index is 0.592. The summed E-state index contributed by atoms with van der Waals surface area (Å²) in [5.74, 6) is 0. The highest BCUT2D eigenvalue weighted by Gasteiger charge is 2.50. The topological polar surface area (TPSA) is 97.5 Å². The van der Waals surface area contributed by atoms with Crippen molar-refractivity contribution in [2.75, 3.05) is 0 Å². The maximum atomic E-state index is 11.0. The molecule has 0 amide bonds. The van der Waals surface area contributed by atoms with Crippen LogP contribution in [0.4, 0.5) is 0 Å². The van der Waals surface area contributed by atoms with Crippen molar-refractivity contribution in [3.05, 3.63) is 33.9 Å². The van der Waals surface area contributed by atoms with Gasteiger partial charge in [0, 0.05) is 11.8 Å². The third-order valence-electron chi connectivity index (χ3n) is 2.34. The maximum absolute atomic E-state index is 11.0. The van der Waals surface area contributed by atoms with Gasteiger partial charge in [-0.05, 0) is 18.6 Å². The first-order chi connectivity index (χ1) is 6.68. The van der Waals surface area contributed by atoms with Crippen LogP contribution in [-0.4, -0.2) is 28.7 Å². The first-order valence-electron chi connectivity index (χ1n) is 4.16. The van der Waals surface area contributed by atoms with Crippen LogP contribution >= 0.6 is 0 Å². The average Bonchev–Trinajstić information content (AvgIpc) is 2.00. The summed E-state index contributed by atoms with van der Waals surface area (Å²) in [6.07, 6.45) is 3.79. The number of rotatable bonds is 2. The van der Waals surface area contributed by atoms with Gasteiger partial charge < -0.3 is 0 Å². The lowest BCUT2D eigenvalue weighted by atomic mass is 9.90.